The number of nitrogens with zero attached hydrogens (tertiary/aromatic N) is 2. The summed E-state index contributed by atoms with van der Waals surface area (Å²) in [5, 5.41) is 0. The van der Waals surface area contributed by atoms with Gasteiger partial charge >= 0.3 is 0 Å². The first-order valence-electron chi connectivity index (χ1n) is 12.3. The van der Waals surface area contributed by atoms with E-state index in [0.717, 1.165) is 25.0 Å². The van der Waals surface area contributed by atoms with Crippen LogP contribution < -0.4 is 0 Å². The molecule has 0 bridgehead atoms. The summed E-state index contributed by atoms with van der Waals surface area (Å²) < 4.78 is 2.26. The van der Waals surface area contributed by atoms with Crippen molar-refractivity contribution in [3.05, 3.63) is 168 Å². The van der Waals surface area contributed by atoms with Crippen LogP contribution in [0.3, 0.4) is 0 Å². The SMILES string of the molecule is C(=C\c1cn(C(c2ccccc2)(c2ccccc2)c2ccccc2)cn1)/CCCc1ccccc1. The fraction of sp³-hybridized carbons (Fsp3) is 0.121. The van der Waals surface area contributed by atoms with Crippen LogP contribution in [0.15, 0.2) is 140 Å². The van der Waals surface area contributed by atoms with Crippen LogP contribution >= 0.6 is 0 Å². The molecule has 1 heterocycles. The van der Waals surface area contributed by atoms with Gasteiger partial charge in [-0.15, -0.1) is 0 Å². The van der Waals surface area contributed by atoms with Gasteiger partial charge in [-0.3, -0.25) is 0 Å². The molecule has 0 saturated carbocycles. The van der Waals surface area contributed by atoms with Gasteiger partial charge in [-0.25, -0.2) is 4.98 Å². The monoisotopic (exact) mass is 454 g/mol. The first-order chi connectivity index (χ1) is 17.4. The summed E-state index contributed by atoms with van der Waals surface area (Å²) in [6.07, 6.45) is 11.8. The predicted octanol–water partition coefficient (Wildman–Crippen LogP) is 7.76. The second kappa shape index (κ2) is 10.8. The van der Waals surface area contributed by atoms with Crippen LogP contribution in [0.4, 0.5) is 0 Å². The van der Waals surface area contributed by atoms with Crippen molar-refractivity contribution < 1.29 is 0 Å². The first-order valence-corrected chi connectivity index (χ1v) is 12.3. The van der Waals surface area contributed by atoms with E-state index in [1.165, 1.54) is 22.3 Å². The van der Waals surface area contributed by atoms with E-state index >= 15 is 0 Å². The molecule has 0 amide bonds. The highest BCUT2D eigenvalue weighted by Gasteiger charge is 2.38. The molecule has 0 aliphatic rings. The molecule has 35 heavy (non-hydrogen) atoms. The molecular weight excluding hydrogens is 424 g/mol. The highest BCUT2D eigenvalue weighted by molar-refractivity contribution is 5.52. The van der Waals surface area contributed by atoms with Crippen LogP contribution in [0.25, 0.3) is 6.08 Å². The summed E-state index contributed by atoms with van der Waals surface area (Å²) in [6.45, 7) is 0. The largest absolute Gasteiger partial charge is 0.318 e. The summed E-state index contributed by atoms with van der Waals surface area (Å²) in [5.41, 5.74) is 5.45. The molecule has 5 rings (SSSR count). The molecule has 0 spiro atoms. The maximum atomic E-state index is 4.79. The molecule has 2 heteroatoms. The van der Waals surface area contributed by atoms with E-state index in [1.807, 2.05) is 6.33 Å². The van der Waals surface area contributed by atoms with Gasteiger partial charge in [0.2, 0.25) is 0 Å². The van der Waals surface area contributed by atoms with Crippen molar-refractivity contribution in [2.24, 2.45) is 0 Å². The molecule has 0 saturated heterocycles. The van der Waals surface area contributed by atoms with E-state index in [2.05, 4.69) is 144 Å². The second-order valence-electron chi connectivity index (χ2n) is 8.79. The Hall–Kier alpha value is -4.17. The molecule has 0 fully saturated rings. The lowest BCUT2D eigenvalue weighted by atomic mass is 9.77. The number of allylic oxidation sites excluding steroid dienone is 1. The van der Waals surface area contributed by atoms with E-state index in [9.17, 15) is 0 Å². The molecule has 5 aromatic rings. The molecule has 172 valence electrons. The third-order valence-electron chi connectivity index (χ3n) is 6.53. The minimum atomic E-state index is -0.518. The van der Waals surface area contributed by atoms with Crippen molar-refractivity contribution in [1.29, 1.82) is 0 Å². The summed E-state index contributed by atoms with van der Waals surface area (Å²) in [5.74, 6) is 0. The van der Waals surface area contributed by atoms with E-state index < -0.39 is 5.54 Å². The average Bonchev–Trinajstić information content (AvgIpc) is 3.40. The molecule has 2 nitrogen and oxygen atoms in total. The number of hydrogen-bond donors (Lipinski definition) is 0. The van der Waals surface area contributed by atoms with Crippen molar-refractivity contribution in [1.82, 2.24) is 9.55 Å². The summed E-state index contributed by atoms with van der Waals surface area (Å²) >= 11 is 0. The number of imidazole rings is 1. The summed E-state index contributed by atoms with van der Waals surface area (Å²) in [7, 11) is 0. The number of rotatable bonds is 9. The van der Waals surface area contributed by atoms with Gasteiger partial charge in [-0.2, -0.15) is 0 Å². The minimum Gasteiger partial charge on any atom is -0.318 e. The Morgan fingerprint density at radius 3 is 1.63 bits per heavy atom. The van der Waals surface area contributed by atoms with Crippen LogP contribution in [0.2, 0.25) is 0 Å². The quantitative estimate of drug-likeness (QED) is 0.164. The first kappa shape index (κ1) is 22.6. The Labute approximate surface area is 208 Å². The number of aromatic nitrogens is 2. The summed E-state index contributed by atoms with van der Waals surface area (Å²) in [4.78, 5) is 4.79. The lowest BCUT2D eigenvalue weighted by molar-refractivity contribution is 0.514. The van der Waals surface area contributed by atoms with Gasteiger partial charge in [-0.05, 0) is 47.6 Å². The Bertz CT molecular complexity index is 1240. The zero-order valence-electron chi connectivity index (χ0n) is 19.9. The Morgan fingerprint density at radius 1 is 0.629 bits per heavy atom. The van der Waals surface area contributed by atoms with Crippen molar-refractivity contribution in [2.75, 3.05) is 0 Å². The smallest absolute Gasteiger partial charge is 0.121 e. The van der Waals surface area contributed by atoms with E-state index in [4.69, 9.17) is 4.98 Å². The van der Waals surface area contributed by atoms with Crippen molar-refractivity contribution in [3.63, 3.8) is 0 Å². The van der Waals surface area contributed by atoms with Gasteiger partial charge in [0.25, 0.3) is 0 Å². The minimum absolute atomic E-state index is 0.518. The Balaban J connectivity index is 1.49. The van der Waals surface area contributed by atoms with Gasteiger partial charge in [0, 0.05) is 6.20 Å². The zero-order chi connectivity index (χ0) is 23.8. The number of hydrogen-bond acceptors (Lipinski definition) is 1. The van der Waals surface area contributed by atoms with Gasteiger partial charge in [0.1, 0.15) is 5.54 Å². The van der Waals surface area contributed by atoms with Crippen molar-refractivity contribution in [2.45, 2.75) is 24.8 Å². The van der Waals surface area contributed by atoms with Gasteiger partial charge in [0.15, 0.2) is 0 Å². The molecule has 0 aliphatic carbocycles. The topological polar surface area (TPSA) is 17.8 Å². The van der Waals surface area contributed by atoms with Crippen molar-refractivity contribution >= 4 is 6.08 Å². The van der Waals surface area contributed by atoms with E-state index in [0.29, 0.717) is 0 Å². The van der Waals surface area contributed by atoms with Crippen LogP contribution in [-0.2, 0) is 12.0 Å². The van der Waals surface area contributed by atoms with Gasteiger partial charge < -0.3 is 4.57 Å². The van der Waals surface area contributed by atoms with Gasteiger partial charge in [0.05, 0.1) is 12.0 Å². The Kier molecular flexibility index (Phi) is 7.00. The van der Waals surface area contributed by atoms with Crippen molar-refractivity contribution in [3.8, 4) is 0 Å². The molecule has 0 aliphatic heterocycles. The lowest BCUT2D eigenvalue weighted by Gasteiger charge is -2.37. The Morgan fingerprint density at radius 2 is 1.11 bits per heavy atom. The molecule has 0 radical (unpaired) electrons. The molecular formula is C33H30N2. The number of benzene rings is 4. The van der Waals surface area contributed by atoms with Crippen LogP contribution in [0.1, 0.15) is 40.8 Å². The third-order valence-corrected chi connectivity index (χ3v) is 6.53. The predicted molar refractivity (Wildman–Crippen MR) is 145 cm³/mol. The standard InChI is InChI=1S/C33H30N2/c1-6-16-28(17-7-1)18-8-2-15-25-32-26-35(27-34-32)33(29-19-9-3-10-20-29,30-21-11-4-12-22-30)31-23-13-5-14-24-31/h1,3-7,9-17,19-27H,2,8,18H2/b25-15+. The maximum absolute atomic E-state index is 4.79. The molecule has 1 aromatic heterocycles. The fourth-order valence-electron chi connectivity index (χ4n) is 4.87. The zero-order valence-corrected chi connectivity index (χ0v) is 19.9. The number of unbranched alkanes of at least 4 members (excludes halogenated alkanes) is 1. The molecule has 0 unspecified atom stereocenters. The van der Waals surface area contributed by atoms with E-state index in [1.54, 1.807) is 0 Å². The van der Waals surface area contributed by atoms with E-state index in [-0.39, 0.29) is 0 Å². The molecule has 0 atom stereocenters. The van der Waals surface area contributed by atoms with Gasteiger partial charge in [-0.1, -0.05) is 127 Å². The lowest BCUT2D eigenvalue weighted by Crippen LogP contribution is -2.36. The van der Waals surface area contributed by atoms with Crippen LogP contribution in [0, 0.1) is 0 Å². The fourth-order valence-corrected chi connectivity index (χ4v) is 4.87. The maximum Gasteiger partial charge on any atom is 0.121 e. The average molecular weight is 455 g/mol. The second-order valence-corrected chi connectivity index (χ2v) is 8.79. The highest BCUT2D eigenvalue weighted by Crippen LogP contribution is 2.40. The summed E-state index contributed by atoms with van der Waals surface area (Å²) in [6, 6.07) is 42.8. The highest BCUT2D eigenvalue weighted by atomic mass is 15.1. The molecule has 4 aromatic carbocycles. The third kappa shape index (κ3) is 4.88. The normalized spacial score (nSPS) is 11.7. The van der Waals surface area contributed by atoms with Crippen LogP contribution in [-0.4, -0.2) is 9.55 Å². The van der Waals surface area contributed by atoms with Crippen LogP contribution in [0.5, 0.6) is 0 Å². The molecule has 0 N–H and O–H groups in total. The number of aryl methyl sites for hydroxylation is 1.